The number of aldehydes is 1. The normalized spacial score (nSPS) is 21.8. The number of aromatic hydroxyl groups is 1. The van der Waals surface area contributed by atoms with Crippen molar-refractivity contribution in [1.82, 2.24) is 0 Å². The number of benzene rings is 1. The van der Waals surface area contributed by atoms with E-state index in [-0.39, 0.29) is 18.0 Å². The first-order valence-corrected chi connectivity index (χ1v) is 5.80. The van der Waals surface area contributed by atoms with Crippen molar-refractivity contribution in [2.45, 2.75) is 18.3 Å². The highest BCUT2D eigenvalue weighted by molar-refractivity contribution is 6.00. The van der Waals surface area contributed by atoms with Crippen molar-refractivity contribution in [3.8, 4) is 5.75 Å². The molecule has 0 fully saturated rings. The minimum Gasteiger partial charge on any atom is -0.508 e. The topological polar surface area (TPSA) is 54.4 Å². The summed E-state index contributed by atoms with van der Waals surface area (Å²) in [6.07, 6.45) is 8.19. The average Bonchev–Trinajstić information content (AvgIpc) is 2.40. The lowest BCUT2D eigenvalue weighted by Gasteiger charge is -2.30. The van der Waals surface area contributed by atoms with Gasteiger partial charge in [0, 0.05) is 5.56 Å². The van der Waals surface area contributed by atoms with E-state index in [0.29, 0.717) is 18.3 Å². The maximum atomic E-state index is 12.2. The second-order valence-electron chi connectivity index (χ2n) is 4.27. The molecule has 0 saturated heterocycles. The summed E-state index contributed by atoms with van der Waals surface area (Å²) in [6.45, 7) is 0. The van der Waals surface area contributed by atoms with Crippen molar-refractivity contribution in [1.29, 1.82) is 0 Å². The Morgan fingerprint density at radius 3 is 2.72 bits per heavy atom. The molecule has 0 radical (unpaired) electrons. The van der Waals surface area contributed by atoms with Crippen LogP contribution in [0.5, 0.6) is 5.75 Å². The van der Waals surface area contributed by atoms with Gasteiger partial charge in [0.05, 0.1) is 11.8 Å². The Morgan fingerprint density at radius 1 is 1.33 bits per heavy atom. The summed E-state index contributed by atoms with van der Waals surface area (Å²) in [5, 5.41) is 9.95. The third-order valence-electron chi connectivity index (χ3n) is 3.22. The molecule has 2 rings (SSSR count). The molecule has 1 unspecified atom stereocenters. The Balaban J connectivity index is 2.53. The number of phenolic OH excluding ortho intramolecular Hbond substituents is 1. The SMILES string of the molecule is O=CCC(=O)C1(c2ccccc2O)C=CC=CC1. The molecule has 92 valence electrons. The van der Waals surface area contributed by atoms with E-state index in [4.69, 9.17) is 0 Å². The Kier molecular flexibility index (Phi) is 3.42. The molecule has 1 atom stereocenters. The molecule has 0 heterocycles. The third kappa shape index (κ3) is 1.99. The van der Waals surface area contributed by atoms with Gasteiger partial charge >= 0.3 is 0 Å². The molecule has 0 spiro atoms. The monoisotopic (exact) mass is 242 g/mol. The lowest BCUT2D eigenvalue weighted by Crippen LogP contribution is -2.34. The molecule has 1 aliphatic carbocycles. The molecular weight excluding hydrogens is 228 g/mol. The number of carbonyl (C=O) groups is 2. The minimum atomic E-state index is -0.916. The van der Waals surface area contributed by atoms with Crippen LogP contribution in [-0.4, -0.2) is 17.2 Å². The molecule has 3 nitrogen and oxygen atoms in total. The summed E-state index contributed by atoms with van der Waals surface area (Å²) in [6, 6.07) is 6.76. The Hall–Kier alpha value is -2.16. The summed E-state index contributed by atoms with van der Waals surface area (Å²) in [4.78, 5) is 22.8. The van der Waals surface area contributed by atoms with Crippen molar-refractivity contribution in [3.05, 3.63) is 54.1 Å². The van der Waals surface area contributed by atoms with Crippen LogP contribution in [0.15, 0.2) is 48.6 Å². The summed E-state index contributed by atoms with van der Waals surface area (Å²) >= 11 is 0. The first-order chi connectivity index (χ1) is 8.70. The highest BCUT2D eigenvalue weighted by Gasteiger charge is 2.38. The van der Waals surface area contributed by atoms with E-state index >= 15 is 0 Å². The van der Waals surface area contributed by atoms with E-state index in [2.05, 4.69) is 0 Å². The average molecular weight is 242 g/mol. The number of allylic oxidation sites excluding steroid dienone is 4. The molecule has 0 amide bonds. The van der Waals surface area contributed by atoms with E-state index < -0.39 is 5.41 Å². The largest absolute Gasteiger partial charge is 0.508 e. The molecule has 3 heteroatoms. The molecule has 1 N–H and O–H groups in total. The van der Waals surface area contributed by atoms with Gasteiger partial charge in [-0.3, -0.25) is 4.79 Å². The second kappa shape index (κ2) is 5.00. The van der Waals surface area contributed by atoms with E-state index in [1.165, 1.54) is 0 Å². The van der Waals surface area contributed by atoms with Gasteiger partial charge in [0.25, 0.3) is 0 Å². The molecular formula is C15H14O3. The molecule has 0 aromatic heterocycles. The summed E-state index contributed by atoms with van der Waals surface area (Å²) < 4.78 is 0. The van der Waals surface area contributed by atoms with E-state index in [9.17, 15) is 14.7 Å². The Labute approximate surface area is 105 Å². The van der Waals surface area contributed by atoms with Crippen LogP contribution in [0.4, 0.5) is 0 Å². The van der Waals surface area contributed by atoms with Crippen molar-refractivity contribution in [2.24, 2.45) is 0 Å². The summed E-state index contributed by atoms with van der Waals surface area (Å²) in [5.74, 6) is -0.115. The van der Waals surface area contributed by atoms with Crippen molar-refractivity contribution in [2.75, 3.05) is 0 Å². The second-order valence-corrected chi connectivity index (χ2v) is 4.27. The zero-order valence-corrected chi connectivity index (χ0v) is 9.87. The van der Waals surface area contributed by atoms with Crippen LogP contribution in [0.3, 0.4) is 0 Å². The van der Waals surface area contributed by atoms with Crippen molar-refractivity contribution in [3.63, 3.8) is 0 Å². The van der Waals surface area contributed by atoms with Gasteiger partial charge in [-0.2, -0.15) is 0 Å². The number of ketones is 1. The number of para-hydroxylation sites is 1. The highest BCUT2D eigenvalue weighted by atomic mass is 16.3. The summed E-state index contributed by atoms with van der Waals surface area (Å²) in [5.41, 5.74) is -0.362. The van der Waals surface area contributed by atoms with Gasteiger partial charge in [0.2, 0.25) is 0 Å². The van der Waals surface area contributed by atoms with Crippen molar-refractivity contribution >= 4 is 12.1 Å². The quantitative estimate of drug-likeness (QED) is 0.651. The lowest BCUT2D eigenvalue weighted by molar-refractivity contribution is -0.125. The van der Waals surface area contributed by atoms with Crippen LogP contribution in [0.1, 0.15) is 18.4 Å². The van der Waals surface area contributed by atoms with Crippen LogP contribution >= 0.6 is 0 Å². The fraction of sp³-hybridized carbons (Fsp3) is 0.200. The highest BCUT2D eigenvalue weighted by Crippen LogP contribution is 2.39. The fourth-order valence-corrected chi connectivity index (χ4v) is 2.29. The van der Waals surface area contributed by atoms with Crippen LogP contribution in [0.2, 0.25) is 0 Å². The fourth-order valence-electron chi connectivity index (χ4n) is 2.29. The van der Waals surface area contributed by atoms with Crippen molar-refractivity contribution < 1.29 is 14.7 Å². The predicted molar refractivity (Wildman–Crippen MR) is 68.4 cm³/mol. The van der Waals surface area contributed by atoms with Gasteiger partial charge in [0.15, 0.2) is 5.78 Å². The summed E-state index contributed by atoms with van der Waals surface area (Å²) in [7, 11) is 0. The first-order valence-electron chi connectivity index (χ1n) is 5.80. The zero-order chi connectivity index (χ0) is 13.0. The van der Waals surface area contributed by atoms with E-state index in [1.54, 1.807) is 36.4 Å². The van der Waals surface area contributed by atoms with Gasteiger partial charge in [-0.05, 0) is 12.5 Å². The predicted octanol–water partition coefficient (Wildman–Crippen LogP) is 2.30. The number of hydrogen-bond acceptors (Lipinski definition) is 3. The molecule has 1 aromatic carbocycles. The molecule has 1 aliphatic rings. The van der Waals surface area contributed by atoms with E-state index in [1.807, 2.05) is 12.2 Å². The van der Waals surface area contributed by atoms with Gasteiger partial charge < -0.3 is 9.90 Å². The minimum absolute atomic E-state index is 0.0803. The molecule has 0 bridgehead atoms. The maximum absolute atomic E-state index is 12.2. The standard InChI is InChI=1S/C15H14O3/c16-11-8-14(18)15(9-4-1-5-10-15)12-6-2-3-7-13(12)17/h1-7,9,11,17H,8,10H2. The molecule has 0 aliphatic heterocycles. The van der Waals surface area contributed by atoms with Gasteiger partial charge in [0.1, 0.15) is 12.0 Å². The maximum Gasteiger partial charge on any atom is 0.154 e. The number of phenols is 1. The number of rotatable bonds is 4. The van der Waals surface area contributed by atoms with Gasteiger partial charge in [-0.25, -0.2) is 0 Å². The molecule has 18 heavy (non-hydrogen) atoms. The molecule has 0 saturated carbocycles. The first kappa shape index (κ1) is 12.3. The number of carbonyl (C=O) groups excluding carboxylic acids is 2. The van der Waals surface area contributed by atoms with Crippen LogP contribution in [0.25, 0.3) is 0 Å². The van der Waals surface area contributed by atoms with E-state index in [0.717, 1.165) is 0 Å². The van der Waals surface area contributed by atoms with Gasteiger partial charge in [-0.15, -0.1) is 0 Å². The van der Waals surface area contributed by atoms with Crippen LogP contribution < -0.4 is 0 Å². The lowest BCUT2D eigenvalue weighted by atomic mass is 9.71. The van der Waals surface area contributed by atoms with Crippen LogP contribution in [-0.2, 0) is 15.0 Å². The van der Waals surface area contributed by atoms with Gasteiger partial charge in [-0.1, -0.05) is 42.5 Å². The number of hydrogen-bond donors (Lipinski definition) is 1. The molecule has 1 aromatic rings. The van der Waals surface area contributed by atoms with Crippen LogP contribution in [0, 0.1) is 0 Å². The third-order valence-corrected chi connectivity index (χ3v) is 3.22. The smallest absolute Gasteiger partial charge is 0.154 e. The Morgan fingerprint density at radius 2 is 2.11 bits per heavy atom. The zero-order valence-electron chi connectivity index (χ0n) is 9.87. The Bertz CT molecular complexity index is 528. The number of Topliss-reactive ketones (excluding diaryl/α,β-unsaturated/α-hetero) is 1.